The SMILES string of the molecule is CC1(C(=O)Nc2cc(Cl)ccc2F)CCN(Cc2ccccc2)CC1. The average Bonchev–Trinajstić information content (AvgIpc) is 2.61. The minimum absolute atomic E-state index is 0.144. The van der Waals surface area contributed by atoms with Crippen LogP contribution in [0.1, 0.15) is 25.3 Å². The summed E-state index contributed by atoms with van der Waals surface area (Å²) in [6.45, 7) is 4.53. The Morgan fingerprint density at radius 1 is 1.20 bits per heavy atom. The number of halogens is 2. The fraction of sp³-hybridized carbons (Fsp3) is 0.350. The number of hydrogen-bond donors (Lipinski definition) is 1. The third kappa shape index (κ3) is 4.39. The number of hydrogen-bond acceptors (Lipinski definition) is 2. The molecule has 1 fully saturated rings. The molecule has 132 valence electrons. The molecule has 1 aliphatic rings. The zero-order valence-electron chi connectivity index (χ0n) is 14.3. The second-order valence-corrected chi connectivity index (χ2v) is 7.34. The van der Waals surface area contributed by atoms with Gasteiger partial charge in [0.2, 0.25) is 5.91 Å². The number of anilines is 1. The van der Waals surface area contributed by atoms with Crippen molar-refractivity contribution in [3.8, 4) is 0 Å². The van der Waals surface area contributed by atoms with Gasteiger partial charge >= 0.3 is 0 Å². The molecule has 0 aliphatic carbocycles. The predicted octanol–water partition coefficient (Wildman–Crippen LogP) is 4.72. The molecule has 0 spiro atoms. The van der Waals surface area contributed by atoms with E-state index in [9.17, 15) is 9.18 Å². The Kier molecular flexibility index (Phi) is 5.40. The largest absolute Gasteiger partial charge is 0.323 e. The molecule has 1 saturated heterocycles. The highest BCUT2D eigenvalue weighted by Crippen LogP contribution is 2.33. The summed E-state index contributed by atoms with van der Waals surface area (Å²) < 4.78 is 13.8. The van der Waals surface area contributed by atoms with E-state index < -0.39 is 11.2 Å². The molecule has 0 aromatic heterocycles. The molecular formula is C20H22ClFN2O. The van der Waals surface area contributed by atoms with E-state index >= 15 is 0 Å². The highest BCUT2D eigenvalue weighted by molar-refractivity contribution is 6.30. The van der Waals surface area contributed by atoms with Gasteiger partial charge in [-0.1, -0.05) is 48.9 Å². The molecule has 1 heterocycles. The normalized spacial score (nSPS) is 17.2. The van der Waals surface area contributed by atoms with Gasteiger partial charge in [0.15, 0.2) is 0 Å². The van der Waals surface area contributed by atoms with Crippen LogP contribution in [0.25, 0.3) is 0 Å². The van der Waals surface area contributed by atoms with Gasteiger partial charge in [0.05, 0.1) is 5.69 Å². The number of piperidine rings is 1. The zero-order valence-corrected chi connectivity index (χ0v) is 15.0. The molecule has 0 atom stereocenters. The Bertz CT molecular complexity index is 743. The summed E-state index contributed by atoms with van der Waals surface area (Å²) in [5.74, 6) is -0.615. The number of rotatable bonds is 4. The summed E-state index contributed by atoms with van der Waals surface area (Å²) in [6.07, 6.45) is 1.49. The van der Waals surface area contributed by atoms with E-state index in [0.717, 1.165) is 32.5 Å². The quantitative estimate of drug-likeness (QED) is 0.855. The van der Waals surface area contributed by atoms with Crippen molar-refractivity contribution < 1.29 is 9.18 Å². The molecule has 2 aromatic rings. The maximum atomic E-state index is 13.8. The topological polar surface area (TPSA) is 32.3 Å². The number of nitrogens with zero attached hydrogens (tertiary/aromatic N) is 1. The number of carbonyl (C=O) groups excluding carboxylic acids is 1. The Labute approximate surface area is 152 Å². The van der Waals surface area contributed by atoms with Crippen molar-refractivity contribution in [1.82, 2.24) is 4.90 Å². The van der Waals surface area contributed by atoms with Crippen LogP contribution in [0.15, 0.2) is 48.5 Å². The van der Waals surface area contributed by atoms with Crippen molar-refractivity contribution in [1.29, 1.82) is 0 Å². The molecule has 0 radical (unpaired) electrons. The van der Waals surface area contributed by atoms with Crippen LogP contribution in [0, 0.1) is 11.2 Å². The van der Waals surface area contributed by atoms with Crippen LogP contribution < -0.4 is 5.32 Å². The van der Waals surface area contributed by atoms with E-state index in [1.165, 1.54) is 23.8 Å². The van der Waals surface area contributed by atoms with Gasteiger partial charge < -0.3 is 5.32 Å². The lowest BCUT2D eigenvalue weighted by molar-refractivity contribution is -0.127. The van der Waals surface area contributed by atoms with Gasteiger partial charge in [-0.3, -0.25) is 9.69 Å². The lowest BCUT2D eigenvalue weighted by Crippen LogP contribution is -2.44. The Balaban J connectivity index is 1.60. The highest BCUT2D eigenvalue weighted by Gasteiger charge is 2.37. The van der Waals surface area contributed by atoms with Crippen LogP contribution in [-0.2, 0) is 11.3 Å². The lowest BCUT2D eigenvalue weighted by Gasteiger charge is -2.38. The standard InChI is InChI=1S/C20H22ClFN2O/c1-20(19(25)23-18-13-16(21)7-8-17(18)22)9-11-24(12-10-20)14-15-5-3-2-4-6-15/h2-8,13H,9-12,14H2,1H3,(H,23,25). The van der Waals surface area contributed by atoms with Crippen LogP contribution >= 0.6 is 11.6 Å². The first-order valence-corrected chi connectivity index (χ1v) is 8.87. The van der Waals surface area contributed by atoms with Crippen LogP contribution in [0.5, 0.6) is 0 Å². The third-order valence-corrected chi connectivity index (χ3v) is 5.17. The second kappa shape index (κ2) is 7.54. The molecule has 1 aliphatic heterocycles. The molecule has 3 rings (SSSR count). The maximum Gasteiger partial charge on any atom is 0.230 e. The summed E-state index contributed by atoms with van der Waals surface area (Å²) in [6, 6.07) is 14.5. The predicted molar refractivity (Wildman–Crippen MR) is 99.1 cm³/mol. The van der Waals surface area contributed by atoms with E-state index in [0.29, 0.717) is 5.02 Å². The van der Waals surface area contributed by atoms with Gasteiger partial charge in [0.25, 0.3) is 0 Å². The summed E-state index contributed by atoms with van der Waals surface area (Å²) in [7, 11) is 0. The first-order valence-electron chi connectivity index (χ1n) is 8.49. The minimum atomic E-state index is -0.498. The van der Waals surface area contributed by atoms with Crippen molar-refractivity contribution in [3.63, 3.8) is 0 Å². The maximum absolute atomic E-state index is 13.8. The lowest BCUT2D eigenvalue weighted by atomic mass is 9.79. The molecule has 1 amide bonds. The van der Waals surface area contributed by atoms with Crippen molar-refractivity contribution >= 4 is 23.2 Å². The van der Waals surface area contributed by atoms with Gasteiger partial charge in [-0.25, -0.2) is 4.39 Å². The monoisotopic (exact) mass is 360 g/mol. The molecule has 0 unspecified atom stereocenters. The minimum Gasteiger partial charge on any atom is -0.323 e. The Morgan fingerprint density at radius 3 is 2.56 bits per heavy atom. The molecule has 0 saturated carbocycles. The average molecular weight is 361 g/mol. The number of likely N-dealkylation sites (tertiary alicyclic amines) is 1. The third-order valence-electron chi connectivity index (χ3n) is 4.93. The molecule has 1 N–H and O–H groups in total. The highest BCUT2D eigenvalue weighted by atomic mass is 35.5. The van der Waals surface area contributed by atoms with Gasteiger partial charge in [0.1, 0.15) is 5.82 Å². The van der Waals surface area contributed by atoms with E-state index in [-0.39, 0.29) is 11.6 Å². The van der Waals surface area contributed by atoms with E-state index in [4.69, 9.17) is 11.6 Å². The summed E-state index contributed by atoms with van der Waals surface area (Å²) in [5.41, 5.74) is 0.920. The molecule has 2 aromatic carbocycles. The van der Waals surface area contributed by atoms with Crippen molar-refractivity contribution in [2.24, 2.45) is 5.41 Å². The smallest absolute Gasteiger partial charge is 0.230 e. The zero-order chi connectivity index (χ0) is 17.9. The summed E-state index contributed by atoms with van der Waals surface area (Å²) in [4.78, 5) is 15.0. The van der Waals surface area contributed by atoms with Gasteiger partial charge in [-0.15, -0.1) is 0 Å². The van der Waals surface area contributed by atoms with Crippen molar-refractivity contribution in [3.05, 3.63) is 64.9 Å². The number of nitrogens with one attached hydrogen (secondary N) is 1. The number of carbonyl (C=O) groups is 1. The van der Waals surface area contributed by atoms with Crippen LogP contribution in [0.2, 0.25) is 5.02 Å². The number of benzene rings is 2. The molecule has 3 nitrogen and oxygen atoms in total. The fourth-order valence-electron chi connectivity index (χ4n) is 3.14. The Hall–Kier alpha value is -1.91. The van der Waals surface area contributed by atoms with Crippen LogP contribution in [0.4, 0.5) is 10.1 Å². The van der Waals surface area contributed by atoms with E-state index in [1.54, 1.807) is 0 Å². The first kappa shape index (κ1) is 17.9. The van der Waals surface area contributed by atoms with Crippen molar-refractivity contribution in [2.45, 2.75) is 26.3 Å². The molecular weight excluding hydrogens is 339 g/mol. The van der Waals surface area contributed by atoms with E-state index in [2.05, 4.69) is 22.3 Å². The summed E-state index contributed by atoms with van der Waals surface area (Å²) in [5, 5.41) is 3.11. The van der Waals surface area contributed by atoms with Crippen LogP contribution in [-0.4, -0.2) is 23.9 Å². The Morgan fingerprint density at radius 2 is 1.88 bits per heavy atom. The number of amides is 1. The van der Waals surface area contributed by atoms with Gasteiger partial charge in [-0.2, -0.15) is 0 Å². The van der Waals surface area contributed by atoms with Crippen LogP contribution in [0.3, 0.4) is 0 Å². The van der Waals surface area contributed by atoms with Gasteiger partial charge in [0, 0.05) is 17.0 Å². The van der Waals surface area contributed by atoms with Crippen molar-refractivity contribution in [2.75, 3.05) is 18.4 Å². The summed E-state index contributed by atoms with van der Waals surface area (Å²) >= 11 is 5.89. The first-order chi connectivity index (χ1) is 12.0. The second-order valence-electron chi connectivity index (χ2n) is 6.90. The molecule has 0 bridgehead atoms. The molecule has 5 heteroatoms. The van der Waals surface area contributed by atoms with Gasteiger partial charge in [-0.05, 0) is 49.7 Å². The van der Waals surface area contributed by atoms with E-state index in [1.807, 2.05) is 25.1 Å². The fourth-order valence-corrected chi connectivity index (χ4v) is 3.31. The molecule has 25 heavy (non-hydrogen) atoms.